The van der Waals surface area contributed by atoms with Crippen LogP contribution in [0, 0.1) is 6.92 Å². The zero-order valence-electron chi connectivity index (χ0n) is 6.63. The Morgan fingerprint density at radius 3 is 2.45 bits per heavy atom. The summed E-state index contributed by atoms with van der Waals surface area (Å²) in [4.78, 5) is 0. The van der Waals surface area contributed by atoms with Crippen molar-refractivity contribution in [3.63, 3.8) is 0 Å². The molecule has 1 aromatic carbocycles. The molecule has 0 saturated heterocycles. The molecule has 1 radical (unpaired) electrons. The summed E-state index contributed by atoms with van der Waals surface area (Å²) in [6, 6.07) is 7.84. The van der Waals surface area contributed by atoms with Crippen molar-refractivity contribution < 1.29 is 4.74 Å². The second kappa shape index (κ2) is 3.98. The van der Waals surface area contributed by atoms with Crippen molar-refractivity contribution in [2.75, 3.05) is 13.2 Å². The van der Waals surface area contributed by atoms with Gasteiger partial charge in [0.05, 0.1) is 0 Å². The highest BCUT2D eigenvalue weighted by Crippen LogP contribution is 2.10. The van der Waals surface area contributed by atoms with Gasteiger partial charge < -0.3 is 4.74 Å². The molecule has 11 heavy (non-hydrogen) atoms. The van der Waals surface area contributed by atoms with Crippen molar-refractivity contribution in [2.24, 2.45) is 0 Å². The lowest BCUT2D eigenvalue weighted by molar-refractivity contribution is 0.326. The van der Waals surface area contributed by atoms with Crippen LogP contribution in [0.2, 0.25) is 0 Å². The topological polar surface area (TPSA) is 33.0 Å². The third-order valence-electron chi connectivity index (χ3n) is 1.39. The average Bonchev–Trinajstić information content (AvgIpc) is 2.04. The third-order valence-corrected chi connectivity index (χ3v) is 1.39. The van der Waals surface area contributed by atoms with Crippen molar-refractivity contribution in [1.29, 1.82) is 0 Å². The van der Waals surface area contributed by atoms with Gasteiger partial charge in [0.1, 0.15) is 12.4 Å². The first-order valence-corrected chi connectivity index (χ1v) is 3.67. The molecule has 0 spiro atoms. The van der Waals surface area contributed by atoms with Crippen LogP contribution >= 0.6 is 0 Å². The first-order chi connectivity index (χ1) is 5.33. The second-order valence-electron chi connectivity index (χ2n) is 2.41. The maximum atomic E-state index is 6.87. The summed E-state index contributed by atoms with van der Waals surface area (Å²) in [5, 5.41) is 0. The molecule has 2 heteroatoms. The number of hydrogen-bond acceptors (Lipinski definition) is 1. The van der Waals surface area contributed by atoms with Gasteiger partial charge >= 0.3 is 0 Å². The molecular weight excluding hydrogens is 138 g/mol. The minimum Gasteiger partial charge on any atom is -0.492 e. The van der Waals surface area contributed by atoms with Gasteiger partial charge in [-0.05, 0) is 19.1 Å². The standard InChI is InChI=1S/C9H12NO/c1-8-2-4-9(5-3-8)11-7-6-10/h2-5,10H,6-7H2,1H3. The lowest BCUT2D eigenvalue weighted by Gasteiger charge is -2.02. The summed E-state index contributed by atoms with van der Waals surface area (Å²) in [5.74, 6) is 0.850. The van der Waals surface area contributed by atoms with Crippen LogP contribution in [0.3, 0.4) is 0 Å². The van der Waals surface area contributed by atoms with Gasteiger partial charge in [0.25, 0.3) is 0 Å². The molecule has 0 aromatic heterocycles. The van der Waals surface area contributed by atoms with E-state index in [-0.39, 0.29) is 0 Å². The van der Waals surface area contributed by atoms with Crippen molar-refractivity contribution in [1.82, 2.24) is 5.73 Å². The van der Waals surface area contributed by atoms with Gasteiger partial charge in [-0.25, -0.2) is 0 Å². The highest BCUT2D eigenvalue weighted by Gasteiger charge is 1.89. The summed E-state index contributed by atoms with van der Waals surface area (Å²) in [6.45, 7) is 2.82. The number of hydrogen-bond donors (Lipinski definition) is 0. The average molecular weight is 150 g/mol. The van der Waals surface area contributed by atoms with Crippen LogP contribution in [0.5, 0.6) is 5.75 Å². The SMILES string of the molecule is Cc1ccc(OCC[NH])cc1. The van der Waals surface area contributed by atoms with E-state index in [0.29, 0.717) is 13.2 Å². The Morgan fingerprint density at radius 1 is 1.27 bits per heavy atom. The summed E-state index contributed by atoms with van der Waals surface area (Å²) in [6.07, 6.45) is 0. The Bertz CT molecular complexity index is 205. The fourth-order valence-corrected chi connectivity index (χ4v) is 0.803. The summed E-state index contributed by atoms with van der Waals surface area (Å²) >= 11 is 0. The van der Waals surface area contributed by atoms with Gasteiger partial charge in [-0.1, -0.05) is 17.7 Å². The van der Waals surface area contributed by atoms with Crippen LogP contribution in [0.25, 0.3) is 0 Å². The molecular formula is C9H12NO. The predicted octanol–water partition coefficient (Wildman–Crippen LogP) is 1.66. The smallest absolute Gasteiger partial charge is 0.119 e. The predicted molar refractivity (Wildman–Crippen MR) is 44.6 cm³/mol. The molecule has 0 fully saturated rings. The van der Waals surface area contributed by atoms with Crippen molar-refractivity contribution in [2.45, 2.75) is 6.92 Å². The molecule has 0 saturated carbocycles. The molecule has 0 amide bonds. The van der Waals surface area contributed by atoms with Gasteiger partial charge in [-0.2, -0.15) is 0 Å². The van der Waals surface area contributed by atoms with E-state index in [4.69, 9.17) is 10.5 Å². The van der Waals surface area contributed by atoms with Crippen LogP contribution in [0.4, 0.5) is 0 Å². The second-order valence-corrected chi connectivity index (χ2v) is 2.41. The van der Waals surface area contributed by atoms with Crippen molar-refractivity contribution >= 4 is 0 Å². The van der Waals surface area contributed by atoms with E-state index in [9.17, 15) is 0 Å². The monoisotopic (exact) mass is 150 g/mol. The molecule has 0 unspecified atom stereocenters. The van der Waals surface area contributed by atoms with E-state index < -0.39 is 0 Å². The maximum absolute atomic E-state index is 6.87. The minimum absolute atomic E-state index is 0.313. The molecule has 0 aliphatic heterocycles. The summed E-state index contributed by atoms with van der Waals surface area (Å²) in [7, 11) is 0. The third kappa shape index (κ3) is 2.60. The van der Waals surface area contributed by atoms with E-state index in [1.807, 2.05) is 31.2 Å². The number of benzene rings is 1. The van der Waals surface area contributed by atoms with Crippen LogP contribution < -0.4 is 10.5 Å². The van der Waals surface area contributed by atoms with E-state index in [2.05, 4.69) is 0 Å². The first kappa shape index (κ1) is 8.08. The minimum atomic E-state index is 0.313. The van der Waals surface area contributed by atoms with Crippen molar-refractivity contribution in [3.05, 3.63) is 29.8 Å². The molecule has 0 bridgehead atoms. The Labute approximate surface area is 67.0 Å². The Morgan fingerprint density at radius 2 is 1.91 bits per heavy atom. The lowest BCUT2D eigenvalue weighted by atomic mass is 10.2. The summed E-state index contributed by atoms with van der Waals surface area (Å²) < 4.78 is 5.22. The highest BCUT2D eigenvalue weighted by molar-refractivity contribution is 5.26. The lowest BCUT2D eigenvalue weighted by Crippen LogP contribution is -2.02. The van der Waals surface area contributed by atoms with Crippen LogP contribution in [-0.2, 0) is 0 Å². The van der Waals surface area contributed by atoms with Gasteiger partial charge in [0, 0.05) is 6.54 Å². The quantitative estimate of drug-likeness (QED) is 0.645. The van der Waals surface area contributed by atoms with Gasteiger partial charge in [0.15, 0.2) is 0 Å². The maximum Gasteiger partial charge on any atom is 0.119 e. The Kier molecular flexibility index (Phi) is 2.93. The molecule has 0 heterocycles. The van der Waals surface area contributed by atoms with Gasteiger partial charge in [-0.15, -0.1) is 0 Å². The normalized spacial score (nSPS) is 9.64. The molecule has 59 valence electrons. The fourth-order valence-electron chi connectivity index (χ4n) is 0.803. The molecule has 0 atom stereocenters. The zero-order chi connectivity index (χ0) is 8.10. The van der Waals surface area contributed by atoms with Gasteiger partial charge in [-0.3, -0.25) is 5.73 Å². The molecule has 1 aromatic rings. The molecule has 2 nitrogen and oxygen atoms in total. The van der Waals surface area contributed by atoms with E-state index in [1.54, 1.807) is 0 Å². The zero-order valence-corrected chi connectivity index (χ0v) is 6.63. The van der Waals surface area contributed by atoms with Crippen LogP contribution in [-0.4, -0.2) is 13.2 Å². The number of aryl methyl sites for hydroxylation is 1. The van der Waals surface area contributed by atoms with E-state index in [0.717, 1.165) is 5.75 Å². The molecule has 1 N–H and O–H groups in total. The van der Waals surface area contributed by atoms with Crippen molar-refractivity contribution in [3.8, 4) is 5.75 Å². The molecule has 0 aliphatic carbocycles. The molecule has 0 aliphatic rings. The van der Waals surface area contributed by atoms with Gasteiger partial charge in [0.2, 0.25) is 0 Å². The molecule has 1 rings (SSSR count). The number of rotatable bonds is 3. The largest absolute Gasteiger partial charge is 0.492 e. The van der Waals surface area contributed by atoms with Crippen LogP contribution in [0.1, 0.15) is 5.56 Å². The number of nitrogens with one attached hydrogen (secondary N) is 1. The number of ether oxygens (including phenoxy) is 1. The highest BCUT2D eigenvalue weighted by atomic mass is 16.5. The Hall–Kier alpha value is -1.02. The van der Waals surface area contributed by atoms with E-state index >= 15 is 0 Å². The fraction of sp³-hybridized carbons (Fsp3) is 0.333. The summed E-state index contributed by atoms with van der Waals surface area (Å²) in [5.41, 5.74) is 8.09. The Balaban J connectivity index is 2.52. The van der Waals surface area contributed by atoms with E-state index in [1.165, 1.54) is 5.56 Å². The first-order valence-electron chi connectivity index (χ1n) is 3.67. The van der Waals surface area contributed by atoms with Crippen LogP contribution in [0.15, 0.2) is 24.3 Å².